The summed E-state index contributed by atoms with van der Waals surface area (Å²) in [4.78, 5) is 0. The monoisotopic (exact) mass is 244 g/mol. The molecule has 1 aromatic heterocycles. The number of H-pyrrole nitrogens is 1. The number of ether oxygens (including phenoxy) is 1. The van der Waals surface area contributed by atoms with Crippen LogP contribution in [0.5, 0.6) is 11.5 Å². The number of phenols is 1. The molecule has 2 aromatic rings. The highest BCUT2D eigenvalue weighted by Gasteiger charge is 2.03. The van der Waals surface area contributed by atoms with Gasteiger partial charge in [0.2, 0.25) is 0 Å². The first kappa shape index (κ1) is 12.2. The summed E-state index contributed by atoms with van der Waals surface area (Å²) in [5.41, 5.74) is 4.07. The third-order valence-corrected chi connectivity index (χ3v) is 2.93. The fourth-order valence-electron chi connectivity index (χ4n) is 1.64. The molecule has 2 rings (SSSR count). The van der Waals surface area contributed by atoms with Gasteiger partial charge in [-0.25, -0.2) is 0 Å². The van der Waals surface area contributed by atoms with E-state index in [1.165, 1.54) is 7.11 Å². The Morgan fingerprint density at radius 1 is 1.28 bits per heavy atom. The zero-order chi connectivity index (χ0) is 13.1. The molecule has 4 heteroatoms. The lowest BCUT2D eigenvalue weighted by Gasteiger charge is -2.03. The number of benzene rings is 1. The largest absolute Gasteiger partial charge is 0.504 e. The first-order chi connectivity index (χ1) is 8.61. The van der Waals surface area contributed by atoms with Crippen LogP contribution < -0.4 is 4.74 Å². The van der Waals surface area contributed by atoms with Gasteiger partial charge >= 0.3 is 0 Å². The average Bonchev–Trinajstić information content (AvgIpc) is 2.69. The number of rotatable bonds is 3. The maximum absolute atomic E-state index is 9.50. The minimum Gasteiger partial charge on any atom is -0.504 e. The molecule has 1 aromatic carbocycles. The summed E-state index contributed by atoms with van der Waals surface area (Å²) in [6.45, 7) is 4.01. The fourth-order valence-corrected chi connectivity index (χ4v) is 1.64. The molecule has 0 bridgehead atoms. The molecule has 0 aliphatic rings. The van der Waals surface area contributed by atoms with E-state index in [9.17, 15) is 5.11 Å². The second-order valence-electron chi connectivity index (χ2n) is 4.12. The molecule has 0 fully saturated rings. The zero-order valence-corrected chi connectivity index (χ0v) is 10.7. The van der Waals surface area contributed by atoms with Crippen molar-refractivity contribution >= 4 is 12.2 Å². The van der Waals surface area contributed by atoms with E-state index in [2.05, 4.69) is 10.2 Å². The predicted octanol–water partition coefficient (Wildman–Crippen LogP) is 2.91. The normalized spacial score (nSPS) is 11.1. The van der Waals surface area contributed by atoms with Crippen molar-refractivity contribution in [2.75, 3.05) is 7.11 Å². The first-order valence-corrected chi connectivity index (χ1v) is 5.68. The maximum Gasteiger partial charge on any atom is 0.161 e. The van der Waals surface area contributed by atoms with Gasteiger partial charge in [0.15, 0.2) is 11.5 Å². The number of methoxy groups -OCH3 is 1. The van der Waals surface area contributed by atoms with Crippen molar-refractivity contribution in [2.45, 2.75) is 13.8 Å². The minimum absolute atomic E-state index is 0.140. The average molecular weight is 244 g/mol. The van der Waals surface area contributed by atoms with Crippen molar-refractivity contribution in [3.8, 4) is 11.5 Å². The van der Waals surface area contributed by atoms with Crippen molar-refractivity contribution < 1.29 is 9.84 Å². The third kappa shape index (κ3) is 2.37. The van der Waals surface area contributed by atoms with Crippen LogP contribution >= 0.6 is 0 Å². The number of aromatic nitrogens is 2. The van der Waals surface area contributed by atoms with Crippen molar-refractivity contribution in [3.63, 3.8) is 0 Å². The predicted molar refractivity (Wildman–Crippen MR) is 71.6 cm³/mol. The smallest absolute Gasteiger partial charge is 0.161 e. The Balaban J connectivity index is 2.26. The first-order valence-electron chi connectivity index (χ1n) is 5.68. The van der Waals surface area contributed by atoms with Gasteiger partial charge in [-0.1, -0.05) is 12.1 Å². The summed E-state index contributed by atoms with van der Waals surface area (Å²) >= 11 is 0. The van der Waals surface area contributed by atoms with Crippen LogP contribution in [-0.2, 0) is 0 Å². The SMILES string of the molecule is COc1cc(/C=C/c2n[nH]c(C)c2C)ccc1O. The molecule has 1 heterocycles. The van der Waals surface area contributed by atoms with Gasteiger partial charge in [0, 0.05) is 5.69 Å². The molecule has 0 aliphatic carbocycles. The van der Waals surface area contributed by atoms with Crippen molar-refractivity contribution in [3.05, 3.63) is 40.7 Å². The van der Waals surface area contributed by atoms with E-state index < -0.39 is 0 Å². The van der Waals surface area contributed by atoms with Gasteiger partial charge in [0.25, 0.3) is 0 Å². The Bertz CT molecular complexity index is 585. The van der Waals surface area contributed by atoms with Gasteiger partial charge in [0.05, 0.1) is 12.8 Å². The van der Waals surface area contributed by atoms with Crippen LogP contribution in [0.1, 0.15) is 22.5 Å². The van der Waals surface area contributed by atoms with E-state index >= 15 is 0 Å². The van der Waals surface area contributed by atoms with E-state index in [0.717, 1.165) is 22.5 Å². The molecule has 4 nitrogen and oxygen atoms in total. The molecule has 0 radical (unpaired) electrons. The molecule has 0 spiro atoms. The molecule has 94 valence electrons. The number of hydrogen-bond acceptors (Lipinski definition) is 3. The summed E-state index contributed by atoms with van der Waals surface area (Å²) in [7, 11) is 1.53. The van der Waals surface area contributed by atoms with Crippen molar-refractivity contribution in [1.82, 2.24) is 10.2 Å². The number of nitrogens with one attached hydrogen (secondary N) is 1. The lowest BCUT2D eigenvalue weighted by molar-refractivity contribution is 0.373. The number of phenolic OH excluding ortho intramolecular Hbond substituents is 1. The molecule has 0 atom stereocenters. The highest BCUT2D eigenvalue weighted by molar-refractivity contribution is 5.70. The molecule has 0 aliphatic heterocycles. The van der Waals surface area contributed by atoms with E-state index in [1.807, 2.05) is 32.1 Å². The van der Waals surface area contributed by atoms with Gasteiger partial charge < -0.3 is 9.84 Å². The summed E-state index contributed by atoms with van der Waals surface area (Å²) in [5, 5.41) is 16.6. The van der Waals surface area contributed by atoms with Gasteiger partial charge in [-0.05, 0) is 43.2 Å². The van der Waals surface area contributed by atoms with E-state index in [4.69, 9.17) is 4.74 Å². The molecule has 0 unspecified atom stereocenters. The molecule has 0 saturated heterocycles. The minimum atomic E-state index is 0.140. The van der Waals surface area contributed by atoms with Gasteiger partial charge in [0.1, 0.15) is 0 Å². The Morgan fingerprint density at radius 3 is 2.67 bits per heavy atom. The van der Waals surface area contributed by atoms with E-state index in [1.54, 1.807) is 12.1 Å². The summed E-state index contributed by atoms with van der Waals surface area (Å²) in [5.74, 6) is 0.605. The summed E-state index contributed by atoms with van der Waals surface area (Å²) in [6, 6.07) is 5.21. The van der Waals surface area contributed by atoms with Crippen molar-refractivity contribution in [1.29, 1.82) is 0 Å². The number of aromatic amines is 1. The van der Waals surface area contributed by atoms with Crippen LogP contribution in [0.25, 0.3) is 12.2 Å². The molecule has 0 saturated carbocycles. The van der Waals surface area contributed by atoms with Gasteiger partial charge in [-0.15, -0.1) is 0 Å². The summed E-state index contributed by atoms with van der Waals surface area (Å²) < 4.78 is 5.06. The van der Waals surface area contributed by atoms with Crippen LogP contribution in [0.4, 0.5) is 0 Å². The molecular formula is C14H16N2O2. The van der Waals surface area contributed by atoms with Crippen LogP contribution in [0.3, 0.4) is 0 Å². The Labute approximate surface area is 106 Å². The van der Waals surface area contributed by atoms with Gasteiger partial charge in [-0.3, -0.25) is 5.10 Å². The lowest BCUT2D eigenvalue weighted by Crippen LogP contribution is -1.84. The van der Waals surface area contributed by atoms with E-state index in [0.29, 0.717) is 5.75 Å². The Hall–Kier alpha value is -2.23. The van der Waals surface area contributed by atoms with Crippen LogP contribution in [-0.4, -0.2) is 22.4 Å². The van der Waals surface area contributed by atoms with Gasteiger partial charge in [-0.2, -0.15) is 5.10 Å². The van der Waals surface area contributed by atoms with Crippen LogP contribution in [0, 0.1) is 13.8 Å². The zero-order valence-electron chi connectivity index (χ0n) is 10.7. The quantitative estimate of drug-likeness (QED) is 0.872. The van der Waals surface area contributed by atoms with Crippen molar-refractivity contribution in [2.24, 2.45) is 0 Å². The van der Waals surface area contributed by atoms with Crippen LogP contribution in [0.2, 0.25) is 0 Å². The Kier molecular flexibility index (Phi) is 3.37. The molecule has 0 amide bonds. The molecule has 2 N–H and O–H groups in total. The fraction of sp³-hybridized carbons (Fsp3) is 0.214. The Morgan fingerprint density at radius 2 is 2.06 bits per heavy atom. The number of nitrogens with zero attached hydrogens (tertiary/aromatic N) is 1. The number of aryl methyl sites for hydroxylation is 1. The van der Waals surface area contributed by atoms with Crippen LogP contribution in [0.15, 0.2) is 18.2 Å². The molecular weight excluding hydrogens is 228 g/mol. The second kappa shape index (κ2) is 4.96. The highest BCUT2D eigenvalue weighted by atomic mass is 16.5. The maximum atomic E-state index is 9.50. The topological polar surface area (TPSA) is 58.1 Å². The second-order valence-corrected chi connectivity index (χ2v) is 4.12. The summed E-state index contributed by atoms with van der Waals surface area (Å²) in [6.07, 6.45) is 3.87. The lowest BCUT2D eigenvalue weighted by atomic mass is 10.1. The van der Waals surface area contributed by atoms with E-state index in [-0.39, 0.29) is 5.75 Å². The highest BCUT2D eigenvalue weighted by Crippen LogP contribution is 2.27. The number of aromatic hydroxyl groups is 1. The third-order valence-electron chi connectivity index (χ3n) is 2.93. The molecule has 18 heavy (non-hydrogen) atoms. The standard InChI is InChI=1S/C14H16N2O2/c1-9-10(2)15-16-12(9)6-4-11-5-7-13(17)14(8-11)18-3/h4-8,17H,1-3H3,(H,15,16)/b6-4+. The number of hydrogen-bond donors (Lipinski definition) is 2.